The van der Waals surface area contributed by atoms with E-state index in [4.69, 9.17) is 9.73 Å². The zero-order valence-electron chi connectivity index (χ0n) is 17.5. The van der Waals surface area contributed by atoms with Gasteiger partial charge in [0.1, 0.15) is 0 Å². The molecule has 0 spiro atoms. The molecule has 3 aliphatic rings. The summed E-state index contributed by atoms with van der Waals surface area (Å²) in [6, 6.07) is 2.11. The van der Waals surface area contributed by atoms with Gasteiger partial charge in [-0.2, -0.15) is 0 Å². The van der Waals surface area contributed by atoms with Gasteiger partial charge >= 0.3 is 0 Å². The van der Waals surface area contributed by atoms with Crippen LogP contribution in [0.2, 0.25) is 0 Å². The zero-order chi connectivity index (χ0) is 18.4. The van der Waals surface area contributed by atoms with E-state index in [9.17, 15) is 0 Å². The zero-order valence-corrected chi connectivity index (χ0v) is 19.8. The summed E-state index contributed by atoms with van der Waals surface area (Å²) in [7, 11) is 1.78. The van der Waals surface area contributed by atoms with Gasteiger partial charge in [0, 0.05) is 51.4 Å². The monoisotopic (exact) mass is 493 g/mol. The minimum absolute atomic E-state index is 0. The topological polar surface area (TPSA) is 52.1 Å². The summed E-state index contributed by atoms with van der Waals surface area (Å²) in [5.41, 5.74) is 0. The average molecular weight is 493 g/mol. The highest BCUT2D eigenvalue weighted by atomic mass is 127. The number of methoxy groups -OCH3 is 1. The summed E-state index contributed by atoms with van der Waals surface area (Å²) in [4.78, 5) is 10.1. The third-order valence-electron chi connectivity index (χ3n) is 6.15. The Hall–Kier alpha value is -0.120. The van der Waals surface area contributed by atoms with Gasteiger partial charge in [-0.15, -0.1) is 24.0 Å². The van der Waals surface area contributed by atoms with Gasteiger partial charge in [-0.25, -0.2) is 0 Å². The number of ether oxygens (including phenoxy) is 1. The first kappa shape index (κ1) is 23.2. The van der Waals surface area contributed by atoms with Crippen LogP contribution in [0.15, 0.2) is 4.99 Å². The standard InChI is InChI=1S/C20H39N5O.HI/c1-4-21-20(23-18-13-16(2)25(15-18)19-5-6-19)22-14-17-7-9-24(10-8-17)11-12-26-3;/h16-19H,4-15H2,1-3H3,(H2,21,22,23);1H. The third kappa shape index (κ3) is 7.33. The fourth-order valence-electron chi connectivity index (χ4n) is 4.42. The van der Waals surface area contributed by atoms with Crippen LogP contribution in [0.4, 0.5) is 0 Å². The summed E-state index contributed by atoms with van der Waals surface area (Å²) >= 11 is 0. The molecule has 1 aliphatic carbocycles. The summed E-state index contributed by atoms with van der Waals surface area (Å²) < 4.78 is 5.19. The maximum absolute atomic E-state index is 5.19. The number of hydrogen-bond donors (Lipinski definition) is 2. The predicted molar refractivity (Wildman–Crippen MR) is 123 cm³/mol. The first-order valence-corrected chi connectivity index (χ1v) is 10.7. The van der Waals surface area contributed by atoms with E-state index < -0.39 is 0 Å². The predicted octanol–water partition coefficient (Wildman–Crippen LogP) is 2.14. The lowest BCUT2D eigenvalue weighted by Crippen LogP contribution is -2.45. The van der Waals surface area contributed by atoms with Crippen LogP contribution in [0.3, 0.4) is 0 Å². The number of nitrogens with one attached hydrogen (secondary N) is 2. The Balaban J connectivity index is 0.00000261. The molecule has 0 amide bonds. The highest BCUT2D eigenvalue weighted by Crippen LogP contribution is 2.33. The molecule has 0 radical (unpaired) electrons. The Bertz CT molecular complexity index is 452. The van der Waals surface area contributed by atoms with Crippen molar-refractivity contribution < 1.29 is 4.74 Å². The lowest BCUT2D eigenvalue weighted by molar-refractivity contribution is 0.121. The molecule has 7 heteroatoms. The van der Waals surface area contributed by atoms with Crippen LogP contribution in [0, 0.1) is 5.92 Å². The first-order valence-electron chi connectivity index (χ1n) is 10.7. The van der Waals surface area contributed by atoms with Crippen molar-refractivity contribution >= 4 is 29.9 Å². The van der Waals surface area contributed by atoms with E-state index in [0.717, 1.165) is 44.2 Å². The summed E-state index contributed by atoms with van der Waals surface area (Å²) in [6.45, 7) is 11.9. The smallest absolute Gasteiger partial charge is 0.191 e. The van der Waals surface area contributed by atoms with Gasteiger partial charge in [0.25, 0.3) is 0 Å². The molecule has 1 saturated carbocycles. The van der Waals surface area contributed by atoms with Crippen LogP contribution in [0.25, 0.3) is 0 Å². The van der Waals surface area contributed by atoms with Crippen LogP contribution in [-0.4, -0.2) is 86.9 Å². The van der Waals surface area contributed by atoms with Crippen molar-refractivity contribution in [2.24, 2.45) is 10.9 Å². The van der Waals surface area contributed by atoms with Crippen molar-refractivity contribution in [2.45, 2.75) is 64.1 Å². The normalized spacial score (nSPS) is 28.2. The molecule has 0 aromatic rings. The molecule has 2 aliphatic heterocycles. The second-order valence-electron chi connectivity index (χ2n) is 8.35. The van der Waals surface area contributed by atoms with E-state index in [2.05, 4.69) is 34.3 Å². The molecule has 0 aromatic heterocycles. The van der Waals surface area contributed by atoms with Crippen molar-refractivity contribution in [3.8, 4) is 0 Å². The Morgan fingerprint density at radius 1 is 1.19 bits per heavy atom. The molecule has 3 fully saturated rings. The summed E-state index contributed by atoms with van der Waals surface area (Å²) in [5, 5.41) is 7.16. The van der Waals surface area contributed by atoms with Crippen LogP contribution in [0.5, 0.6) is 0 Å². The molecule has 2 atom stereocenters. The minimum atomic E-state index is 0. The van der Waals surface area contributed by atoms with E-state index in [1.165, 1.54) is 51.7 Å². The fourth-order valence-corrected chi connectivity index (χ4v) is 4.42. The van der Waals surface area contributed by atoms with Crippen LogP contribution >= 0.6 is 24.0 Å². The van der Waals surface area contributed by atoms with E-state index in [1.54, 1.807) is 7.11 Å². The van der Waals surface area contributed by atoms with Crippen LogP contribution in [-0.2, 0) is 4.74 Å². The highest BCUT2D eigenvalue weighted by Gasteiger charge is 2.38. The Labute approximate surface area is 182 Å². The molecule has 2 heterocycles. The number of piperidine rings is 1. The van der Waals surface area contributed by atoms with Gasteiger partial charge in [-0.1, -0.05) is 0 Å². The molecule has 3 rings (SSSR count). The molecule has 158 valence electrons. The number of nitrogens with zero attached hydrogens (tertiary/aromatic N) is 3. The molecular weight excluding hydrogens is 453 g/mol. The van der Waals surface area contributed by atoms with Gasteiger partial charge in [0.2, 0.25) is 0 Å². The molecule has 6 nitrogen and oxygen atoms in total. The minimum Gasteiger partial charge on any atom is -0.383 e. The second-order valence-corrected chi connectivity index (χ2v) is 8.35. The molecule has 0 aromatic carbocycles. The largest absolute Gasteiger partial charge is 0.383 e. The number of guanidine groups is 1. The summed E-state index contributed by atoms with van der Waals surface area (Å²) in [6.07, 6.45) is 6.53. The molecular formula is C20H40IN5O. The SMILES string of the molecule is CCNC(=NCC1CCN(CCOC)CC1)NC1CC(C)N(C2CC2)C1.I. The average Bonchev–Trinajstić information content (AvgIpc) is 3.42. The van der Waals surface area contributed by atoms with Crippen LogP contribution in [0.1, 0.15) is 46.0 Å². The van der Waals surface area contributed by atoms with Gasteiger partial charge in [-0.3, -0.25) is 9.89 Å². The maximum atomic E-state index is 5.19. The molecule has 0 bridgehead atoms. The Morgan fingerprint density at radius 2 is 1.93 bits per heavy atom. The lowest BCUT2D eigenvalue weighted by Gasteiger charge is -2.31. The van der Waals surface area contributed by atoms with E-state index in [-0.39, 0.29) is 24.0 Å². The van der Waals surface area contributed by atoms with E-state index >= 15 is 0 Å². The van der Waals surface area contributed by atoms with Crippen molar-refractivity contribution in [3.05, 3.63) is 0 Å². The van der Waals surface area contributed by atoms with Gasteiger partial charge in [0.15, 0.2) is 5.96 Å². The maximum Gasteiger partial charge on any atom is 0.191 e. The Morgan fingerprint density at radius 3 is 2.56 bits per heavy atom. The lowest BCUT2D eigenvalue weighted by atomic mass is 9.97. The van der Waals surface area contributed by atoms with Crippen LogP contribution < -0.4 is 10.6 Å². The van der Waals surface area contributed by atoms with Crippen molar-refractivity contribution in [1.29, 1.82) is 0 Å². The van der Waals surface area contributed by atoms with Crippen molar-refractivity contribution in [1.82, 2.24) is 20.4 Å². The quantitative estimate of drug-likeness (QED) is 0.309. The summed E-state index contributed by atoms with van der Waals surface area (Å²) in [5.74, 6) is 1.74. The van der Waals surface area contributed by atoms with E-state index in [0.29, 0.717) is 12.1 Å². The molecule has 2 N–H and O–H groups in total. The number of halogens is 1. The second kappa shape index (κ2) is 11.8. The van der Waals surface area contributed by atoms with Gasteiger partial charge in [0.05, 0.1) is 6.61 Å². The van der Waals surface area contributed by atoms with Gasteiger partial charge in [-0.05, 0) is 65.0 Å². The first-order chi connectivity index (χ1) is 12.7. The van der Waals surface area contributed by atoms with Crippen molar-refractivity contribution in [3.63, 3.8) is 0 Å². The number of likely N-dealkylation sites (tertiary alicyclic amines) is 2. The number of hydrogen-bond acceptors (Lipinski definition) is 4. The number of rotatable bonds is 8. The molecule has 2 unspecified atom stereocenters. The Kier molecular flexibility index (Phi) is 10.1. The van der Waals surface area contributed by atoms with Gasteiger partial charge < -0.3 is 20.3 Å². The number of aliphatic imine (C=N–C) groups is 1. The fraction of sp³-hybridized carbons (Fsp3) is 0.950. The third-order valence-corrected chi connectivity index (χ3v) is 6.15. The van der Waals surface area contributed by atoms with E-state index in [1.807, 2.05) is 0 Å². The highest BCUT2D eigenvalue weighted by molar-refractivity contribution is 14.0. The molecule has 27 heavy (non-hydrogen) atoms. The molecule has 2 saturated heterocycles. The van der Waals surface area contributed by atoms with Crippen molar-refractivity contribution in [2.75, 3.05) is 53.0 Å².